The molecule has 0 atom stereocenters. The fraction of sp³-hybridized carbons (Fsp3) is 0.316. The highest BCUT2D eigenvalue weighted by molar-refractivity contribution is 5.92. The van der Waals surface area contributed by atoms with E-state index in [2.05, 4.69) is 19.2 Å². The number of hydrogen-bond donors (Lipinski definition) is 1. The molecule has 0 bridgehead atoms. The number of benzene rings is 2. The Kier molecular flexibility index (Phi) is 5.21. The van der Waals surface area contributed by atoms with Crippen molar-refractivity contribution >= 4 is 11.6 Å². The highest BCUT2D eigenvalue weighted by Crippen LogP contribution is 2.19. The van der Waals surface area contributed by atoms with E-state index in [4.69, 9.17) is 4.74 Å². The van der Waals surface area contributed by atoms with Crippen molar-refractivity contribution in [3.8, 4) is 5.75 Å². The molecule has 0 saturated carbocycles. The summed E-state index contributed by atoms with van der Waals surface area (Å²) in [6.45, 7) is 8.31. The average molecular weight is 297 g/mol. The van der Waals surface area contributed by atoms with E-state index in [1.807, 2.05) is 56.3 Å². The SMILES string of the molecule is Cc1ccc(NC(=O)COc2ccc(C(C)C)cc2)c(C)c1. The third kappa shape index (κ3) is 4.35. The first-order valence-electron chi connectivity index (χ1n) is 7.55. The molecular weight excluding hydrogens is 274 g/mol. The summed E-state index contributed by atoms with van der Waals surface area (Å²) in [6.07, 6.45) is 0. The predicted octanol–water partition coefficient (Wildman–Crippen LogP) is 4.44. The molecule has 0 aromatic heterocycles. The van der Waals surface area contributed by atoms with Gasteiger partial charge in [-0.2, -0.15) is 0 Å². The molecule has 0 radical (unpaired) electrons. The molecule has 0 saturated heterocycles. The first kappa shape index (κ1) is 16.1. The number of nitrogens with one attached hydrogen (secondary N) is 1. The molecule has 3 heteroatoms. The van der Waals surface area contributed by atoms with E-state index in [0.29, 0.717) is 11.7 Å². The van der Waals surface area contributed by atoms with Crippen LogP contribution in [0.15, 0.2) is 42.5 Å². The zero-order valence-corrected chi connectivity index (χ0v) is 13.6. The smallest absolute Gasteiger partial charge is 0.262 e. The summed E-state index contributed by atoms with van der Waals surface area (Å²) in [7, 11) is 0. The molecule has 1 amide bonds. The van der Waals surface area contributed by atoms with Gasteiger partial charge in [-0.1, -0.05) is 43.7 Å². The molecule has 0 aliphatic rings. The van der Waals surface area contributed by atoms with Gasteiger partial charge in [-0.3, -0.25) is 4.79 Å². The Morgan fingerprint density at radius 3 is 2.36 bits per heavy atom. The second-order valence-corrected chi connectivity index (χ2v) is 5.88. The number of aryl methyl sites for hydroxylation is 2. The third-order valence-corrected chi connectivity index (χ3v) is 3.57. The Morgan fingerprint density at radius 2 is 1.77 bits per heavy atom. The van der Waals surface area contributed by atoms with Gasteiger partial charge in [0.2, 0.25) is 0 Å². The lowest BCUT2D eigenvalue weighted by molar-refractivity contribution is -0.118. The first-order chi connectivity index (χ1) is 10.5. The lowest BCUT2D eigenvalue weighted by atomic mass is 10.0. The van der Waals surface area contributed by atoms with E-state index in [1.165, 1.54) is 11.1 Å². The van der Waals surface area contributed by atoms with E-state index in [-0.39, 0.29) is 12.5 Å². The lowest BCUT2D eigenvalue weighted by Crippen LogP contribution is -2.20. The summed E-state index contributed by atoms with van der Waals surface area (Å²) in [4.78, 5) is 12.0. The molecular formula is C19H23NO2. The van der Waals surface area contributed by atoms with Gasteiger partial charge in [0.25, 0.3) is 5.91 Å². The quantitative estimate of drug-likeness (QED) is 0.885. The standard InChI is InChI=1S/C19H23NO2/c1-13(2)16-6-8-17(9-7-16)22-12-19(21)20-18-10-5-14(3)11-15(18)4/h5-11,13H,12H2,1-4H3,(H,20,21). The fourth-order valence-electron chi connectivity index (χ4n) is 2.24. The number of ether oxygens (including phenoxy) is 1. The Bertz CT molecular complexity index is 645. The molecule has 2 aromatic carbocycles. The molecule has 0 heterocycles. The number of amides is 1. The van der Waals surface area contributed by atoms with Crippen LogP contribution in [0.1, 0.15) is 36.5 Å². The Hall–Kier alpha value is -2.29. The summed E-state index contributed by atoms with van der Waals surface area (Å²) >= 11 is 0. The van der Waals surface area contributed by atoms with Crippen molar-refractivity contribution in [1.29, 1.82) is 0 Å². The summed E-state index contributed by atoms with van der Waals surface area (Å²) in [5, 5.41) is 2.87. The highest BCUT2D eigenvalue weighted by Gasteiger charge is 2.06. The van der Waals surface area contributed by atoms with E-state index < -0.39 is 0 Å². The molecule has 22 heavy (non-hydrogen) atoms. The van der Waals surface area contributed by atoms with Gasteiger partial charge in [0, 0.05) is 5.69 Å². The second-order valence-electron chi connectivity index (χ2n) is 5.88. The van der Waals surface area contributed by atoms with Crippen LogP contribution in [-0.4, -0.2) is 12.5 Å². The van der Waals surface area contributed by atoms with Crippen LogP contribution < -0.4 is 10.1 Å². The number of carbonyl (C=O) groups is 1. The van der Waals surface area contributed by atoms with Crippen molar-refractivity contribution in [2.75, 3.05) is 11.9 Å². The fourth-order valence-corrected chi connectivity index (χ4v) is 2.24. The lowest BCUT2D eigenvalue weighted by Gasteiger charge is -2.11. The van der Waals surface area contributed by atoms with Crippen LogP contribution in [0.4, 0.5) is 5.69 Å². The maximum atomic E-state index is 12.0. The number of anilines is 1. The number of rotatable bonds is 5. The predicted molar refractivity (Wildman–Crippen MR) is 90.6 cm³/mol. The first-order valence-corrected chi connectivity index (χ1v) is 7.55. The molecule has 3 nitrogen and oxygen atoms in total. The molecule has 0 spiro atoms. The van der Waals surface area contributed by atoms with Crippen LogP contribution >= 0.6 is 0 Å². The summed E-state index contributed by atoms with van der Waals surface area (Å²) in [5.41, 5.74) is 4.31. The maximum absolute atomic E-state index is 12.0. The average Bonchev–Trinajstić information content (AvgIpc) is 2.48. The maximum Gasteiger partial charge on any atom is 0.262 e. The molecule has 0 unspecified atom stereocenters. The van der Waals surface area contributed by atoms with Crippen molar-refractivity contribution in [2.45, 2.75) is 33.6 Å². The monoisotopic (exact) mass is 297 g/mol. The van der Waals surface area contributed by atoms with Crippen LogP contribution in [0.5, 0.6) is 5.75 Å². The topological polar surface area (TPSA) is 38.3 Å². The zero-order chi connectivity index (χ0) is 16.1. The van der Waals surface area contributed by atoms with Crippen LogP contribution in [0.2, 0.25) is 0 Å². The molecule has 116 valence electrons. The Balaban J connectivity index is 1.89. The van der Waals surface area contributed by atoms with Crippen molar-refractivity contribution < 1.29 is 9.53 Å². The van der Waals surface area contributed by atoms with Gasteiger partial charge in [0.15, 0.2) is 6.61 Å². The summed E-state index contributed by atoms with van der Waals surface area (Å²) in [5.74, 6) is 1.04. The van der Waals surface area contributed by atoms with Crippen molar-refractivity contribution in [2.24, 2.45) is 0 Å². The van der Waals surface area contributed by atoms with E-state index in [0.717, 1.165) is 11.3 Å². The molecule has 0 aliphatic carbocycles. The van der Waals surface area contributed by atoms with E-state index in [1.54, 1.807) is 0 Å². The van der Waals surface area contributed by atoms with Crippen molar-refractivity contribution in [1.82, 2.24) is 0 Å². The van der Waals surface area contributed by atoms with Crippen LogP contribution in [0.25, 0.3) is 0 Å². The van der Waals surface area contributed by atoms with Gasteiger partial charge < -0.3 is 10.1 Å². The van der Waals surface area contributed by atoms with Gasteiger partial charge in [-0.05, 0) is 49.1 Å². The minimum absolute atomic E-state index is 0.00828. The molecule has 0 fully saturated rings. The normalized spacial score (nSPS) is 10.6. The van der Waals surface area contributed by atoms with E-state index in [9.17, 15) is 4.79 Å². The van der Waals surface area contributed by atoms with Gasteiger partial charge in [-0.25, -0.2) is 0 Å². The van der Waals surface area contributed by atoms with Crippen LogP contribution in [0.3, 0.4) is 0 Å². The Labute approximate surface area is 132 Å². The van der Waals surface area contributed by atoms with Crippen LogP contribution in [0, 0.1) is 13.8 Å². The number of carbonyl (C=O) groups excluding carboxylic acids is 1. The second kappa shape index (κ2) is 7.12. The summed E-state index contributed by atoms with van der Waals surface area (Å²) in [6, 6.07) is 13.8. The van der Waals surface area contributed by atoms with Gasteiger partial charge in [0.1, 0.15) is 5.75 Å². The van der Waals surface area contributed by atoms with Gasteiger partial charge in [-0.15, -0.1) is 0 Å². The number of hydrogen-bond acceptors (Lipinski definition) is 2. The van der Waals surface area contributed by atoms with Crippen LogP contribution in [-0.2, 0) is 4.79 Å². The summed E-state index contributed by atoms with van der Waals surface area (Å²) < 4.78 is 5.53. The Morgan fingerprint density at radius 1 is 1.09 bits per heavy atom. The largest absolute Gasteiger partial charge is 0.484 e. The van der Waals surface area contributed by atoms with Crippen molar-refractivity contribution in [3.05, 3.63) is 59.2 Å². The third-order valence-electron chi connectivity index (χ3n) is 3.57. The zero-order valence-electron chi connectivity index (χ0n) is 13.6. The molecule has 2 aromatic rings. The van der Waals surface area contributed by atoms with Gasteiger partial charge >= 0.3 is 0 Å². The highest BCUT2D eigenvalue weighted by atomic mass is 16.5. The minimum Gasteiger partial charge on any atom is -0.484 e. The van der Waals surface area contributed by atoms with Gasteiger partial charge in [0.05, 0.1) is 0 Å². The molecule has 2 rings (SSSR count). The molecule has 0 aliphatic heterocycles. The van der Waals surface area contributed by atoms with E-state index >= 15 is 0 Å². The minimum atomic E-state index is -0.153. The van der Waals surface area contributed by atoms with Crippen molar-refractivity contribution in [3.63, 3.8) is 0 Å². The molecule has 1 N–H and O–H groups in total.